The number of halogens is 1. The number of alkyl halides is 1. The zero-order valence-electron chi connectivity index (χ0n) is 12.5. The van der Waals surface area contributed by atoms with E-state index in [0.717, 1.165) is 18.4 Å². The van der Waals surface area contributed by atoms with Gasteiger partial charge in [-0.05, 0) is 24.3 Å². The first-order chi connectivity index (χ1) is 10.1. The lowest BCUT2D eigenvalue weighted by atomic mass is 10.0. The SMILES string of the molecule is [2H]C([2H])(c1nc2n(n1)[C@H](c1ccccc1)C[C@@H]2F)C1CC1. The van der Waals surface area contributed by atoms with Crippen LogP contribution in [0.25, 0.3) is 0 Å². The highest BCUT2D eigenvalue weighted by Crippen LogP contribution is 2.40. The summed E-state index contributed by atoms with van der Waals surface area (Å²) < 4.78 is 32.1. The Bertz CT molecular complexity index is 667. The van der Waals surface area contributed by atoms with Gasteiger partial charge in [-0.2, -0.15) is 5.10 Å². The predicted octanol–water partition coefficient (Wildman–Crippen LogP) is 3.23. The number of hydrogen-bond donors (Lipinski definition) is 0. The Morgan fingerprint density at radius 2 is 2.11 bits per heavy atom. The number of hydrogen-bond acceptors (Lipinski definition) is 2. The van der Waals surface area contributed by atoms with Crippen LogP contribution >= 0.6 is 0 Å². The van der Waals surface area contributed by atoms with Crippen molar-refractivity contribution in [1.82, 2.24) is 14.8 Å². The van der Waals surface area contributed by atoms with Crippen molar-refractivity contribution in [2.75, 3.05) is 0 Å². The Labute approximate surface area is 114 Å². The van der Waals surface area contributed by atoms with E-state index in [4.69, 9.17) is 2.74 Å². The van der Waals surface area contributed by atoms with Crippen molar-refractivity contribution in [2.45, 2.75) is 37.8 Å². The third-order valence-corrected chi connectivity index (χ3v) is 3.76. The van der Waals surface area contributed by atoms with Crippen LogP contribution in [0.2, 0.25) is 0 Å². The quantitative estimate of drug-likeness (QED) is 0.847. The van der Waals surface area contributed by atoms with E-state index in [1.807, 2.05) is 30.3 Å². The molecule has 0 amide bonds. The molecule has 0 radical (unpaired) electrons. The first-order valence-electron chi connectivity index (χ1n) is 7.73. The van der Waals surface area contributed by atoms with E-state index < -0.39 is 12.5 Å². The van der Waals surface area contributed by atoms with Gasteiger partial charge in [-0.15, -0.1) is 0 Å². The van der Waals surface area contributed by atoms with Crippen LogP contribution in [0.4, 0.5) is 4.39 Å². The summed E-state index contributed by atoms with van der Waals surface area (Å²) in [5.74, 6) is 0.389. The molecule has 1 aliphatic heterocycles. The van der Waals surface area contributed by atoms with Gasteiger partial charge in [0, 0.05) is 15.5 Å². The second-order valence-electron chi connectivity index (χ2n) is 5.29. The van der Waals surface area contributed by atoms with Gasteiger partial charge in [0.05, 0.1) is 6.04 Å². The average molecular weight is 259 g/mol. The summed E-state index contributed by atoms with van der Waals surface area (Å²) in [6.07, 6.45) is -0.674. The lowest BCUT2D eigenvalue weighted by Crippen LogP contribution is -2.08. The molecular weight excluding hydrogens is 241 g/mol. The minimum Gasteiger partial charge on any atom is -0.239 e. The monoisotopic (exact) mass is 259 g/mol. The van der Waals surface area contributed by atoms with E-state index >= 15 is 0 Å². The Morgan fingerprint density at radius 1 is 1.32 bits per heavy atom. The fourth-order valence-corrected chi connectivity index (χ4v) is 2.60. The van der Waals surface area contributed by atoms with Gasteiger partial charge in [0.2, 0.25) is 0 Å². The normalized spacial score (nSPS) is 27.8. The van der Waals surface area contributed by atoms with Crippen molar-refractivity contribution >= 4 is 0 Å². The first kappa shape index (κ1) is 9.23. The third kappa shape index (κ3) is 1.95. The largest absolute Gasteiger partial charge is 0.239 e. The summed E-state index contributed by atoms with van der Waals surface area (Å²) in [7, 11) is 0. The van der Waals surface area contributed by atoms with Crippen molar-refractivity contribution in [3.63, 3.8) is 0 Å². The highest BCUT2D eigenvalue weighted by Gasteiger charge is 2.36. The van der Waals surface area contributed by atoms with Crippen molar-refractivity contribution in [3.8, 4) is 0 Å². The molecule has 1 fully saturated rings. The number of aromatic nitrogens is 3. The summed E-state index contributed by atoms with van der Waals surface area (Å²) in [5.41, 5.74) is 0.988. The van der Waals surface area contributed by atoms with Gasteiger partial charge in [-0.3, -0.25) is 0 Å². The van der Waals surface area contributed by atoms with Crippen LogP contribution in [-0.4, -0.2) is 14.8 Å². The molecule has 2 heterocycles. The summed E-state index contributed by atoms with van der Waals surface area (Å²) in [4.78, 5) is 4.18. The Kier molecular flexibility index (Phi) is 2.02. The van der Waals surface area contributed by atoms with E-state index in [1.54, 1.807) is 4.68 Å². The standard InChI is InChI=1S/C15H16FN3/c16-12-9-13(11-4-2-1-3-5-11)19-15(12)17-14(18-19)8-10-6-7-10/h1-5,10,12-13H,6-9H2/t12-,13-/m0/s1/i8D2. The molecule has 19 heavy (non-hydrogen) atoms. The molecule has 0 saturated heterocycles. The second kappa shape index (κ2) is 4.15. The second-order valence-corrected chi connectivity index (χ2v) is 5.29. The van der Waals surface area contributed by atoms with Crippen LogP contribution in [0, 0.1) is 5.92 Å². The topological polar surface area (TPSA) is 30.7 Å². The van der Waals surface area contributed by atoms with E-state index in [-0.39, 0.29) is 23.6 Å². The summed E-state index contributed by atoms with van der Waals surface area (Å²) in [6.45, 7) is 0. The summed E-state index contributed by atoms with van der Waals surface area (Å²) in [6, 6.07) is 9.47. The first-order valence-corrected chi connectivity index (χ1v) is 6.73. The van der Waals surface area contributed by atoms with E-state index in [9.17, 15) is 4.39 Å². The predicted molar refractivity (Wildman–Crippen MR) is 69.5 cm³/mol. The van der Waals surface area contributed by atoms with Gasteiger partial charge in [0.1, 0.15) is 0 Å². The molecule has 4 rings (SSSR count). The van der Waals surface area contributed by atoms with E-state index in [2.05, 4.69) is 10.1 Å². The molecule has 98 valence electrons. The highest BCUT2D eigenvalue weighted by atomic mass is 19.1. The lowest BCUT2D eigenvalue weighted by molar-refractivity contribution is 0.328. The van der Waals surface area contributed by atoms with Crippen molar-refractivity contribution in [3.05, 3.63) is 47.5 Å². The zero-order chi connectivity index (χ0) is 14.6. The summed E-state index contributed by atoms with van der Waals surface area (Å²) >= 11 is 0. The van der Waals surface area contributed by atoms with E-state index in [0.29, 0.717) is 6.42 Å². The maximum Gasteiger partial charge on any atom is 0.162 e. The molecule has 3 nitrogen and oxygen atoms in total. The van der Waals surface area contributed by atoms with Gasteiger partial charge >= 0.3 is 0 Å². The molecule has 1 aromatic heterocycles. The minimum atomic E-state index is -1.54. The van der Waals surface area contributed by atoms with Crippen molar-refractivity contribution in [1.29, 1.82) is 0 Å². The Balaban J connectivity index is 1.74. The molecule has 1 aromatic carbocycles. The van der Waals surface area contributed by atoms with Gasteiger partial charge in [0.25, 0.3) is 0 Å². The van der Waals surface area contributed by atoms with Gasteiger partial charge in [-0.1, -0.05) is 30.3 Å². The van der Waals surface area contributed by atoms with Gasteiger partial charge in [-0.25, -0.2) is 14.1 Å². The van der Waals surface area contributed by atoms with Gasteiger partial charge < -0.3 is 0 Å². The van der Waals surface area contributed by atoms with Crippen LogP contribution < -0.4 is 0 Å². The minimum absolute atomic E-state index is 0.0196. The smallest absolute Gasteiger partial charge is 0.162 e. The molecular formula is C15H16FN3. The molecule has 1 saturated carbocycles. The van der Waals surface area contributed by atoms with Crippen LogP contribution in [0.1, 0.15) is 51.4 Å². The molecule has 0 unspecified atom stereocenters. The highest BCUT2D eigenvalue weighted by molar-refractivity contribution is 5.23. The summed E-state index contributed by atoms with van der Waals surface area (Å²) in [5, 5.41) is 4.32. The molecule has 4 heteroatoms. The molecule has 1 aliphatic carbocycles. The molecule has 0 N–H and O–H groups in total. The van der Waals surface area contributed by atoms with Gasteiger partial charge in [0.15, 0.2) is 17.8 Å². The Morgan fingerprint density at radius 3 is 2.84 bits per heavy atom. The van der Waals surface area contributed by atoms with Crippen LogP contribution in [-0.2, 0) is 6.37 Å². The van der Waals surface area contributed by atoms with Crippen molar-refractivity contribution < 1.29 is 7.13 Å². The zero-order valence-corrected chi connectivity index (χ0v) is 10.5. The lowest BCUT2D eigenvalue weighted by Gasteiger charge is -2.11. The van der Waals surface area contributed by atoms with Crippen LogP contribution in [0.3, 0.4) is 0 Å². The maximum absolute atomic E-state index is 14.2. The fraction of sp³-hybridized carbons (Fsp3) is 0.467. The van der Waals surface area contributed by atoms with Crippen LogP contribution in [0.15, 0.2) is 30.3 Å². The number of benzene rings is 1. The molecule has 2 atom stereocenters. The number of fused-ring (bicyclic) bond motifs is 1. The molecule has 0 spiro atoms. The molecule has 2 aromatic rings. The number of nitrogens with zero attached hydrogens (tertiary/aromatic N) is 3. The molecule has 2 aliphatic rings. The maximum atomic E-state index is 14.2. The third-order valence-electron chi connectivity index (χ3n) is 3.76. The van der Waals surface area contributed by atoms with E-state index in [1.165, 1.54) is 0 Å². The molecule has 0 bridgehead atoms. The Hall–Kier alpha value is -1.71. The average Bonchev–Trinajstić information content (AvgIpc) is 3.17. The number of rotatable bonds is 3. The fourth-order valence-electron chi connectivity index (χ4n) is 2.60. The van der Waals surface area contributed by atoms with Crippen LogP contribution in [0.5, 0.6) is 0 Å². The van der Waals surface area contributed by atoms with Crippen molar-refractivity contribution in [2.24, 2.45) is 5.92 Å².